The van der Waals surface area contributed by atoms with Crippen molar-refractivity contribution >= 4 is 23.6 Å². The highest BCUT2D eigenvalue weighted by atomic mass is 16.3. The molecule has 0 rings (SSSR count). The van der Waals surface area contributed by atoms with E-state index in [1.54, 1.807) is 0 Å². The van der Waals surface area contributed by atoms with Crippen LogP contribution in [0.2, 0.25) is 0 Å². The SMILES string of the molecule is CC(=O)N[C@H](CO)C(=O)N[C@H](CCCCN)C(=O)N(C)[C@H](CC(C)C)C(N)=O. The molecule has 0 aliphatic heterocycles. The summed E-state index contributed by atoms with van der Waals surface area (Å²) in [5.41, 5.74) is 10.9. The Morgan fingerprint density at radius 3 is 2.11 bits per heavy atom. The summed E-state index contributed by atoms with van der Waals surface area (Å²) >= 11 is 0. The van der Waals surface area contributed by atoms with Gasteiger partial charge in [-0.3, -0.25) is 19.2 Å². The summed E-state index contributed by atoms with van der Waals surface area (Å²) in [5, 5.41) is 14.2. The van der Waals surface area contributed by atoms with Crippen molar-refractivity contribution in [2.75, 3.05) is 20.2 Å². The van der Waals surface area contributed by atoms with E-state index in [0.717, 1.165) is 0 Å². The highest BCUT2D eigenvalue weighted by Crippen LogP contribution is 2.13. The molecule has 0 aliphatic rings. The number of nitrogens with one attached hydrogen (secondary N) is 2. The van der Waals surface area contributed by atoms with E-state index < -0.39 is 48.4 Å². The van der Waals surface area contributed by atoms with E-state index in [0.29, 0.717) is 32.2 Å². The molecule has 10 heteroatoms. The number of aliphatic hydroxyl groups excluding tert-OH is 1. The number of unbranched alkanes of at least 4 members (excludes halogenated alkanes) is 1. The third-order valence-corrected chi connectivity index (χ3v) is 4.28. The van der Waals surface area contributed by atoms with Crippen LogP contribution in [0.1, 0.15) is 46.5 Å². The summed E-state index contributed by atoms with van der Waals surface area (Å²) in [5.74, 6) is -2.12. The molecule has 10 nitrogen and oxygen atoms in total. The number of nitrogens with zero attached hydrogens (tertiary/aromatic N) is 1. The van der Waals surface area contributed by atoms with Crippen molar-refractivity contribution in [1.29, 1.82) is 0 Å². The Balaban J connectivity index is 5.38. The fourth-order valence-corrected chi connectivity index (χ4v) is 2.77. The monoisotopic (exact) mass is 401 g/mol. The Morgan fingerprint density at radius 1 is 1.07 bits per heavy atom. The molecule has 4 amide bonds. The normalized spacial score (nSPS) is 14.1. The maximum atomic E-state index is 13.0. The van der Waals surface area contributed by atoms with Gasteiger partial charge >= 0.3 is 0 Å². The van der Waals surface area contributed by atoms with E-state index in [1.165, 1.54) is 18.9 Å². The first-order valence-corrected chi connectivity index (χ1v) is 9.49. The quantitative estimate of drug-likeness (QED) is 0.234. The minimum atomic E-state index is -1.17. The summed E-state index contributed by atoms with van der Waals surface area (Å²) in [7, 11) is 1.47. The van der Waals surface area contributed by atoms with Gasteiger partial charge in [0.2, 0.25) is 23.6 Å². The van der Waals surface area contributed by atoms with Crippen molar-refractivity contribution in [3.63, 3.8) is 0 Å². The van der Waals surface area contributed by atoms with Crippen LogP contribution in [0.25, 0.3) is 0 Å². The van der Waals surface area contributed by atoms with Crippen molar-refractivity contribution in [3.8, 4) is 0 Å². The highest BCUT2D eigenvalue weighted by Gasteiger charge is 2.32. The lowest BCUT2D eigenvalue weighted by atomic mass is 10.0. The van der Waals surface area contributed by atoms with Gasteiger partial charge in [-0.2, -0.15) is 0 Å². The Bertz CT molecular complexity index is 540. The molecule has 0 bridgehead atoms. The summed E-state index contributed by atoms with van der Waals surface area (Å²) in [6.45, 7) is 4.87. The molecule has 0 aromatic rings. The molecule has 162 valence electrons. The molecule has 28 heavy (non-hydrogen) atoms. The van der Waals surface area contributed by atoms with Gasteiger partial charge in [0.25, 0.3) is 0 Å². The van der Waals surface area contributed by atoms with Crippen LogP contribution in [0.15, 0.2) is 0 Å². The molecule has 0 fully saturated rings. The van der Waals surface area contributed by atoms with E-state index >= 15 is 0 Å². The first-order valence-electron chi connectivity index (χ1n) is 9.49. The Hall–Kier alpha value is -2.20. The van der Waals surface area contributed by atoms with Crippen LogP contribution in [-0.4, -0.2) is 72.0 Å². The minimum Gasteiger partial charge on any atom is -0.394 e. The molecule has 0 spiro atoms. The van der Waals surface area contributed by atoms with Gasteiger partial charge in [0.1, 0.15) is 18.1 Å². The van der Waals surface area contributed by atoms with Gasteiger partial charge < -0.3 is 32.1 Å². The second-order valence-electron chi connectivity index (χ2n) is 7.28. The molecule has 0 heterocycles. The number of primary amides is 1. The second-order valence-corrected chi connectivity index (χ2v) is 7.28. The number of nitrogens with two attached hydrogens (primary N) is 2. The van der Waals surface area contributed by atoms with Crippen molar-refractivity contribution in [1.82, 2.24) is 15.5 Å². The van der Waals surface area contributed by atoms with Crippen LogP contribution in [0.4, 0.5) is 0 Å². The molecule has 3 atom stereocenters. The lowest BCUT2D eigenvalue weighted by molar-refractivity contribution is -0.142. The van der Waals surface area contributed by atoms with Crippen LogP contribution in [0, 0.1) is 5.92 Å². The zero-order valence-corrected chi connectivity index (χ0v) is 17.2. The zero-order chi connectivity index (χ0) is 21.9. The first-order chi connectivity index (χ1) is 13.0. The molecule has 0 aromatic heterocycles. The summed E-state index contributed by atoms with van der Waals surface area (Å²) < 4.78 is 0. The fraction of sp³-hybridized carbons (Fsp3) is 0.778. The number of likely N-dealkylation sites (N-methyl/N-ethyl adjacent to an activating group) is 1. The topological polar surface area (TPSA) is 168 Å². The molecular formula is C18H35N5O5. The summed E-state index contributed by atoms with van der Waals surface area (Å²) in [6, 6.07) is -2.90. The number of hydrogen-bond acceptors (Lipinski definition) is 6. The Kier molecular flexibility index (Phi) is 12.0. The van der Waals surface area contributed by atoms with Gasteiger partial charge in [0.05, 0.1) is 6.61 Å². The van der Waals surface area contributed by atoms with Crippen molar-refractivity contribution in [2.45, 2.75) is 64.6 Å². The molecule has 7 N–H and O–H groups in total. The number of hydrogen-bond donors (Lipinski definition) is 5. The first kappa shape index (κ1) is 25.8. The molecule has 0 radical (unpaired) electrons. The van der Waals surface area contributed by atoms with Crippen LogP contribution in [0.5, 0.6) is 0 Å². The van der Waals surface area contributed by atoms with Crippen LogP contribution in [-0.2, 0) is 19.2 Å². The number of rotatable bonds is 13. The number of carbonyl (C=O) groups is 4. The maximum absolute atomic E-state index is 13.0. The predicted molar refractivity (Wildman–Crippen MR) is 105 cm³/mol. The van der Waals surface area contributed by atoms with Gasteiger partial charge in [-0.25, -0.2) is 0 Å². The van der Waals surface area contributed by atoms with Crippen molar-refractivity contribution < 1.29 is 24.3 Å². The average molecular weight is 402 g/mol. The lowest BCUT2D eigenvalue weighted by Gasteiger charge is -2.31. The van der Waals surface area contributed by atoms with Crippen LogP contribution >= 0.6 is 0 Å². The summed E-state index contributed by atoms with van der Waals surface area (Å²) in [4.78, 5) is 49.6. The van der Waals surface area contributed by atoms with Crippen molar-refractivity contribution in [2.24, 2.45) is 17.4 Å². The van der Waals surface area contributed by atoms with Crippen LogP contribution < -0.4 is 22.1 Å². The van der Waals surface area contributed by atoms with E-state index in [9.17, 15) is 24.3 Å². The molecule has 0 aromatic carbocycles. The predicted octanol–water partition coefficient (Wildman–Crippen LogP) is -1.54. The van der Waals surface area contributed by atoms with Gasteiger partial charge in [-0.15, -0.1) is 0 Å². The van der Waals surface area contributed by atoms with Gasteiger partial charge in [-0.1, -0.05) is 13.8 Å². The Labute approximate surface area is 166 Å². The molecule has 0 saturated heterocycles. The standard InChI is InChI=1S/C18H35N5O5/c1-11(2)9-15(16(20)26)23(4)18(28)13(7-5-6-8-19)22-17(27)14(10-24)21-12(3)25/h11,13-15,24H,5-10,19H2,1-4H3,(H2,20,26)(H,21,25)(H,22,27)/t13-,14-,15-/m1/s1. The number of aliphatic hydroxyl groups is 1. The number of carbonyl (C=O) groups excluding carboxylic acids is 4. The van der Waals surface area contributed by atoms with E-state index in [-0.39, 0.29) is 5.92 Å². The van der Waals surface area contributed by atoms with Gasteiger partial charge in [0, 0.05) is 14.0 Å². The maximum Gasteiger partial charge on any atom is 0.245 e. The van der Waals surface area contributed by atoms with E-state index in [4.69, 9.17) is 11.5 Å². The van der Waals surface area contributed by atoms with E-state index in [2.05, 4.69) is 10.6 Å². The van der Waals surface area contributed by atoms with Crippen molar-refractivity contribution in [3.05, 3.63) is 0 Å². The summed E-state index contributed by atoms with van der Waals surface area (Å²) in [6.07, 6.45) is 1.93. The average Bonchev–Trinajstić information content (AvgIpc) is 2.61. The minimum absolute atomic E-state index is 0.136. The number of amides is 4. The smallest absolute Gasteiger partial charge is 0.245 e. The third-order valence-electron chi connectivity index (χ3n) is 4.28. The second kappa shape index (κ2) is 13.1. The highest BCUT2D eigenvalue weighted by molar-refractivity contribution is 5.93. The zero-order valence-electron chi connectivity index (χ0n) is 17.2. The molecule has 0 aliphatic carbocycles. The third kappa shape index (κ3) is 9.14. The molecular weight excluding hydrogens is 366 g/mol. The Morgan fingerprint density at radius 2 is 1.68 bits per heavy atom. The van der Waals surface area contributed by atoms with Crippen LogP contribution in [0.3, 0.4) is 0 Å². The largest absolute Gasteiger partial charge is 0.394 e. The molecule has 0 unspecified atom stereocenters. The van der Waals surface area contributed by atoms with Gasteiger partial charge in [0.15, 0.2) is 0 Å². The molecule has 0 saturated carbocycles. The fourth-order valence-electron chi connectivity index (χ4n) is 2.77. The van der Waals surface area contributed by atoms with Gasteiger partial charge in [-0.05, 0) is 38.1 Å². The van der Waals surface area contributed by atoms with E-state index in [1.807, 2.05) is 13.8 Å². The lowest BCUT2D eigenvalue weighted by Crippen LogP contribution is -2.57.